The first-order valence-corrected chi connectivity index (χ1v) is 8.55. The molecule has 0 spiro atoms. The zero-order chi connectivity index (χ0) is 14.7. The van der Waals surface area contributed by atoms with Crippen molar-refractivity contribution in [2.75, 3.05) is 20.6 Å². The summed E-state index contributed by atoms with van der Waals surface area (Å²) in [5, 5.41) is 0. The number of para-hydroxylation sites is 1. The minimum Gasteiger partial charge on any atom is -1.00 e. The quantitative estimate of drug-likeness (QED) is 0.435. The fourth-order valence-corrected chi connectivity index (χ4v) is 2.78. The molecule has 0 N–H and O–H groups in total. The molecule has 0 unspecified atom stereocenters. The van der Waals surface area contributed by atoms with E-state index in [0.717, 1.165) is 4.48 Å². The molecule has 0 aliphatic heterocycles. The second kappa shape index (κ2) is 12.1. The lowest BCUT2D eigenvalue weighted by atomic mass is 10.1. The summed E-state index contributed by atoms with van der Waals surface area (Å²) in [4.78, 5) is 0. The zero-order valence-corrected chi connectivity index (χ0v) is 15.0. The summed E-state index contributed by atoms with van der Waals surface area (Å²) in [7, 11) is 4.64. The van der Waals surface area contributed by atoms with Gasteiger partial charge in [-0.3, -0.25) is 4.48 Å². The molecule has 0 radical (unpaired) electrons. The van der Waals surface area contributed by atoms with Crippen LogP contribution in [0.15, 0.2) is 30.3 Å². The van der Waals surface area contributed by atoms with Crippen molar-refractivity contribution in [1.82, 2.24) is 4.48 Å². The second-order valence-electron chi connectivity index (χ2n) is 6.57. The summed E-state index contributed by atoms with van der Waals surface area (Å²) < 4.78 is 1.01. The van der Waals surface area contributed by atoms with E-state index in [1.54, 1.807) is 0 Å². The van der Waals surface area contributed by atoms with Gasteiger partial charge in [0, 0.05) is 0 Å². The molecule has 0 saturated carbocycles. The number of nitrogens with zero attached hydrogens (tertiary/aromatic N) is 1. The molecule has 122 valence electrons. The minimum absolute atomic E-state index is 0. The van der Waals surface area contributed by atoms with Crippen LogP contribution < -0.4 is 16.9 Å². The average molecular weight is 312 g/mol. The summed E-state index contributed by atoms with van der Waals surface area (Å²) in [6, 6.07) is 10.9. The Bertz CT molecular complexity index is 335. The molecule has 0 atom stereocenters. The molecule has 0 heterocycles. The van der Waals surface area contributed by atoms with Crippen LogP contribution in [0.1, 0.15) is 64.7 Å². The lowest BCUT2D eigenvalue weighted by Gasteiger charge is -2.29. The largest absolute Gasteiger partial charge is 1.00 e. The van der Waals surface area contributed by atoms with Crippen molar-refractivity contribution in [1.29, 1.82) is 0 Å². The minimum atomic E-state index is 0. The van der Waals surface area contributed by atoms with Gasteiger partial charge in [0.25, 0.3) is 0 Å². The standard InChI is InChI=1S/C19H34N.ClH/c1-4-5-6-7-8-9-10-11-15-18-20(2,3)19-16-13-12-14-17-19;/h12-14,16-17H,4-11,15,18H2,1-3H3;1H/q+1;/p-1. The van der Waals surface area contributed by atoms with Crippen LogP contribution in [-0.2, 0) is 0 Å². The lowest BCUT2D eigenvalue weighted by Crippen LogP contribution is -3.00. The first kappa shape index (κ1) is 20.5. The van der Waals surface area contributed by atoms with Crippen molar-refractivity contribution < 1.29 is 12.4 Å². The summed E-state index contributed by atoms with van der Waals surface area (Å²) in [5.41, 5.74) is 1.42. The molecule has 0 aliphatic carbocycles. The Morgan fingerprint density at radius 1 is 0.714 bits per heavy atom. The van der Waals surface area contributed by atoms with E-state index < -0.39 is 0 Å². The average Bonchev–Trinajstić information content (AvgIpc) is 2.46. The summed E-state index contributed by atoms with van der Waals surface area (Å²) >= 11 is 0. The van der Waals surface area contributed by atoms with Crippen molar-refractivity contribution in [3.8, 4) is 0 Å². The highest BCUT2D eigenvalue weighted by atomic mass is 35.5. The molecular weight excluding hydrogens is 278 g/mol. The number of halogens is 1. The van der Waals surface area contributed by atoms with E-state index in [0.29, 0.717) is 0 Å². The van der Waals surface area contributed by atoms with Crippen LogP contribution in [0.3, 0.4) is 0 Å². The van der Waals surface area contributed by atoms with Gasteiger partial charge < -0.3 is 12.4 Å². The monoisotopic (exact) mass is 311 g/mol. The third-order valence-electron chi connectivity index (χ3n) is 4.28. The molecule has 0 bridgehead atoms. The summed E-state index contributed by atoms with van der Waals surface area (Å²) in [6.07, 6.45) is 12.7. The SMILES string of the molecule is CCCCCCCCCCC[N+](C)(C)c1ccccc1.[Cl-]. The Kier molecular flexibility index (Phi) is 11.8. The highest BCUT2D eigenvalue weighted by molar-refractivity contribution is 5.40. The van der Waals surface area contributed by atoms with Crippen LogP contribution in [0.5, 0.6) is 0 Å². The van der Waals surface area contributed by atoms with Crippen LogP contribution in [0.2, 0.25) is 0 Å². The fraction of sp³-hybridized carbons (Fsp3) is 0.684. The lowest BCUT2D eigenvalue weighted by molar-refractivity contribution is -0.00000450. The van der Waals surface area contributed by atoms with Gasteiger partial charge in [-0.25, -0.2) is 0 Å². The zero-order valence-electron chi connectivity index (χ0n) is 14.3. The van der Waals surface area contributed by atoms with Gasteiger partial charge in [-0.05, 0) is 25.0 Å². The van der Waals surface area contributed by atoms with Crippen molar-refractivity contribution >= 4 is 5.69 Å². The van der Waals surface area contributed by atoms with Gasteiger partial charge in [0.2, 0.25) is 0 Å². The van der Waals surface area contributed by atoms with E-state index in [4.69, 9.17) is 0 Å². The topological polar surface area (TPSA) is 0 Å². The van der Waals surface area contributed by atoms with Crippen molar-refractivity contribution in [2.24, 2.45) is 0 Å². The molecular formula is C19H34ClN. The van der Waals surface area contributed by atoms with Crippen LogP contribution in [-0.4, -0.2) is 20.6 Å². The molecule has 0 fully saturated rings. The molecule has 1 rings (SSSR count). The molecule has 0 amide bonds. The molecule has 0 aliphatic rings. The van der Waals surface area contributed by atoms with E-state index in [1.807, 2.05) is 0 Å². The molecule has 1 aromatic rings. The maximum absolute atomic E-state index is 2.32. The molecule has 1 nitrogen and oxygen atoms in total. The van der Waals surface area contributed by atoms with Crippen LogP contribution in [0.4, 0.5) is 5.69 Å². The molecule has 21 heavy (non-hydrogen) atoms. The van der Waals surface area contributed by atoms with Crippen LogP contribution in [0.25, 0.3) is 0 Å². The van der Waals surface area contributed by atoms with E-state index in [2.05, 4.69) is 51.4 Å². The van der Waals surface area contributed by atoms with E-state index in [-0.39, 0.29) is 12.4 Å². The number of rotatable bonds is 11. The Labute approximate surface area is 138 Å². The van der Waals surface area contributed by atoms with Gasteiger partial charge in [0.15, 0.2) is 0 Å². The van der Waals surface area contributed by atoms with Gasteiger partial charge in [-0.15, -0.1) is 0 Å². The summed E-state index contributed by atoms with van der Waals surface area (Å²) in [6.45, 7) is 3.53. The van der Waals surface area contributed by atoms with Crippen molar-refractivity contribution in [3.05, 3.63) is 30.3 Å². The Morgan fingerprint density at radius 2 is 1.19 bits per heavy atom. The second-order valence-corrected chi connectivity index (χ2v) is 6.57. The van der Waals surface area contributed by atoms with Gasteiger partial charge in [0.05, 0.1) is 20.6 Å². The molecule has 1 aromatic carbocycles. The third-order valence-corrected chi connectivity index (χ3v) is 4.28. The van der Waals surface area contributed by atoms with Crippen LogP contribution in [0, 0.1) is 0 Å². The van der Waals surface area contributed by atoms with E-state index in [1.165, 1.54) is 70.0 Å². The fourth-order valence-electron chi connectivity index (χ4n) is 2.78. The highest BCUT2D eigenvalue weighted by Gasteiger charge is 2.17. The van der Waals surface area contributed by atoms with Gasteiger partial charge in [0.1, 0.15) is 5.69 Å². The summed E-state index contributed by atoms with van der Waals surface area (Å²) in [5.74, 6) is 0. The molecule has 0 saturated heterocycles. The predicted molar refractivity (Wildman–Crippen MR) is 92.2 cm³/mol. The Balaban J connectivity index is 0.00000400. The van der Waals surface area contributed by atoms with Crippen molar-refractivity contribution in [3.63, 3.8) is 0 Å². The Morgan fingerprint density at radius 3 is 1.71 bits per heavy atom. The number of unbranched alkanes of at least 4 members (excludes halogenated alkanes) is 8. The molecule has 2 heteroatoms. The van der Waals surface area contributed by atoms with E-state index >= 15 is 0 Å². The maximum Gasteiger partial charge on any atom is 0.132 e. The number of hydrogen-bond acceptors (Lipinski definition) is 0. The molecule has 0 aromatic heterocycles. The normalized spacial score (nSPS) is 11.2. The number of hydrogen-bond donors (Lipinski definition) is 0. The van der Waals surface area contributed by atoms with Gasteiger partial charge >= 0.3 is 0 Å². The highest BCUT2D eigenvalue weighted by Crippen LogP contribution is 2.19. The van der Waals surface area contributed by atoms with Crippen LogP contribution >= 0.6 is 0 Å². The van der Waals surface area contributed by atoms with Crippen molar-refractivity contribution in [2.45, 2.75) is 64.7 Å². The number of benzene rings is 1. The van der Waals surface area contributed by atoms with Gasteiger partial charge in [-0.2, -0.15) is 0 Å². The first-order valence-electron chi connectivity index (χ1n) is 8.55. The predicted octanol–water partition coefficient (Wildman–Crippen LogP) is 2.79. The van der Waals surface area contributed by atoms with Gasteiger partial charge in [-0.1, -0.05) is 70.1 Å². The first-order chi connectivity index (χ1) is 9.67. The number of quaternary nitrogens is 1. The third kappa shape index (κ3) is 9.16. The Hall–Kier alpha value is -0.530. The van der Waals surface area contributed by atoms with E-state index in [9.17, 15) is 0 Å². The maximum atomic E-state index is 2.32. The smallest absolute Gasteiger partial charge is 0.132 e.